The first-order valence-electron chi connectivity index (χ1n) is 8.73. The standard InChI is InChI=1S/C18H20N4O4S/c1-8-4-12(26-22-8)5-11-6-25-7-13(11)21-17(24)15-9(2)14-16(23)19-10(3)20-18(14)27-15/h4,11,13H,5-7H2,1-3H3,(H,21,24)(H,19,20,23). The van der Waals surface area contributed by atoms with Crippen molar-refractivity contribution < 1.29 is 14.1 Å². The summed E-state index contributed by atoms with van der Waals surface area (Å²) < 4.78 is 10.9. The van der Waals surface area contributed by atoms with E-state index in [-0.39, 0.29) is 23.4 Å². The second-order valence-corrected chi connectivity index (χ2v) is 7.90. The third kappa shape index (κ3) is 3.40. The van der Waals surface area contributed by atoms with Crippen LogP contribution >= 0.6 is 11.3 Å². The van der Waals surface area contributed by atoms with Crippen LogP contribution in [0.5, 0.6) is 0 Å². The van der Waals surface area contributed by atoms with Gasteiger partial charge in [-0.3, -0.25) is 9.59 Å². The van der Waals surface area contributed by atoms with Gasteiger partial charge in [-0.2, -0.15) is 0 Å². The molecule has 1 aliphatic heterocycles. The molecule has 9 heteroatoms. The van der Waals surface area contributed by atoms with Gasteiger partial charge >= 0.3 is 0 Å². The molecule has 0 saturated carbocycles. The number of aromatic amines is 1. The number of carbonyl (C=O) groups excluding carboxylic acids is 1. The van der Waals surface area contributed by atoms with Crippen molar-refractivity contribution in [2.24, 2.45) is 5.92 Å². The van der Waals surface area contributed by atoms with Crippen molar-refractivity contribution in [2.45, 2.75) is 33.2 Å². The first kappa shape index (κ1) is 17.9. The lowest BCUT2D eigenvalue weighted by Gasteiger charge is -2.17. The summed E-state index contributed by atoms with van der Waals surface area (Å²) in [5.74, 6) is 1.22. The monoisotopic (exact) mass is 388 g/mol. The van der Waals surface area contributed by atoms with E-state index in [9.17, 15) is 9.59 Å². The van der Waals surface area contributed by atoms with Gasteiger partial charge < -0.3 is 19.6 Å². The van der Waals surface area contributed by atoms with Gasteiger partial charge in [-0.1, -0.05) is 5.16 Å². The second-order valence-electron chi connectivity index (χ2n) is 6.90. The van der Waals surface area contributed by atoms with E-state index in [0.29, 0.717) is 46.1 Å². The zero-order valence-electron chi connectivity index (χ0n) is 15.3. The lowest BCUT2D eigenvalue weighted by atomic mass is 9.98. The maximum Gasteiger partial charge on any atom is 0.262 e. The predicted molar refractivity (Wildman–Crippen MR) is 100 cm³/mol. The molecule has 2 atom stereocenters. The topological polar surface area (TPSA) is 110 Å². The lowest BCUT2D eigenvalue weighted by Crippen LogP contribution is -2.40. The van der Waals surface area contributed by atoms with Crippen LogP contribution in [0, 0.1) is 26.7 Å². The van der Waals surface area contributed by atoms with Gasteiger partial charge in [0.1, 0.15) is 16.4 Å². The van der Waals surface area contributed by atoms with E-state index >= 15 is 0 Å². The lowest BCUT2D eigenvalue weighted by molar-refractivity contribution is 0.0928. The number of nitrogens with one attached hydrogen (secondary N) is 2. The van der Waals surface area contributed by atoms with E-state index < -0.39 is 0 Å². The molecule has 3 aromatic heterocycles. The summed E-state index contributed by atoms with van der Waals surface area (Å²) in [6, 6.07) is 1.77. The Balaban J connectivity index is 1.55. The van der Waals surface area contributed by atoms with Crippen LogP contribution < -0.4 is 10.9 Å². The normalized spacial score (nSPS) is 19.7. The minimum Gasteiger partial charge on any atom is -0.379 e. The molecule has 0 aromatic carbocycles. The Morgan fingerprint density at radius 2 is 2.19 bits per heavy atom. The number of ether oxygens (including phenoxy) is 1. The third-order valence-electron chi connectivity index (χ3n) is 4.78. The Labute approximate surface area is 158 Å². The summed E-state index contributed by atoms with van der Waals surface area (Å²) in [4.78, 5) is 33.2. The van der Waals surface area contributed by atoms with Crippen molar-refractivity contribution in [3.63, 3.8) is 0 Å². The van der Waals surface area contributed by atoms with Gasteiger partial charge in [-0.05, 0) is 26.3 Å². The van der Waals surface area contributed by atoms with Crippen LogP contribution in [0.25, 0.3) is 10.2 Å². The number of fused-ring (bicyclic) bond motifs is 1. The molecule has 1 fully saturated rings. The van der Waals surface area contributed by atoms with E-state index in [1.807, 2.05) is 13.0 Å². The van der Waals surface area contributed by atoms with Gasteiger partial charge in [0, 0.05) is 18.4 Å². The molecule has 4 rings (SSSR count). The van der Waals surface area contributed by atoms with Gasteiger partial charge in [0.05, 0.1) is 35.2 Å². The quantitative estimate of drug-likeness (QED) is 0.706. The van der Waals surface area contributed by atoms with E-state index in [1.165, 1.54) is 11.3 Å². The van der Waals surface area contributed by atoms with Crippen molar-refractivity contribution in [2.75, 3.05) is 13.2 Å². The third-order valence-corrected chi connectivity index (χ3v) is 5.96. The molecule has 2 N–H and O–H groups in total. The van der Waals surface area contributed by atoms with Crippen LogP contribution in [0.1, 0.15) is 32.5 Å². The molecule has 2 unspecified atom stereocenters. The molecule has 1 aliphatic rings. The highest BCUT2D eigenvalue weighted by Gasteiger charge is 2.32. The summed E-state index contributed by atoms with van der Waals surface area (Å²) in [6.07, 6.45) is 0.650. The maximum atomic E-state index is 12.9. The Hall–Kier alpha value is -2.52. The minimum atomic E-state index is -0.215. The SMILES string of the molecule is Cc1cc(CC2COCC2NC(=O)c2sc3nc(C)[nH]c(=O)c3c2C)on1. The van der Waals surface area contributed by atoms with Gasteiger partial charge in [-0.25, -0.2) is 4.98 Å². The maximum absolute atomic E-state index is 12.9. The van der Waals surface area contributed by atoms with Crippen molar-refractivity contribution in [1.29, 1.82) is 0 Å². The van der Waals surface area contributed by atoms with Gasteiger partial charge in [0.25, 0.3) is 11.5 Å². The minimum absolute atomic E-state index is 0.111. The summed E-state index contributed by atoms with van der Waals surface area (Å²) in [6.45, 7) is 6.38. The number of H-pyrrole nitrogens is 1. The van der Waals surface area contributed by atoms with Crippen LogP contribution in [0.3, 0.4) is 0 Å². The van der Waals surface area contributed by atoms with Crippen LogP contribution in [-0.4, -0.2) is 40.3 Å². The molecule has 0 radical (unpaired) electrons. The predicted octanol–water partition coefficient (Wildman–Crippen LogP) is 1.89. The molecule has 8 nitrogen and oxygen atoms in total. The van der Waals surface area contributed by atoms with Crippen molar-refractivity contribution in [3.05, 3.63) is 44.1 Å². The number of hydrogen-bond acceptors (Lipinski definition) is 7. The average molecular weight is 388 g/mol. The summed E-state index contributed by atoms with van der Waals surface area (Å²) in [5, 5.41) is 7.43. The number of nitrogens with zero attached hydrogens (tertiary/aromatic N) is 2. The number of amides is 1. The van der Waals surface area contributed by atoms with Crippen molar-refractivity contribution in [1.82, 2.24) is 20.4 Å². The summed E-state index contributed by atoms with van der Waals surface area (Å²) in [5.41, 5.74) is 1.27. The zero-order chi connectivity index (χ0) is 19.1. The van der Waals surface area contributed by atoms with E-state index in [1.54, 1.807) is 13.8 Å². The molecule has 4 heterocycles. The summed E-state index contributed by atoms with van der Waals surface area (Å²) in [7, 11) is 0. The number of thiophene rings is 1. The van der Waals surface area contributed by atoms with Crippen LogP contribution in [0.15, 0.2) is 15.4 Å². The Morgan fingerprint density at radius 1 is 1.37 bits per heavy atom. The molecular formula is C18H20N4O4S. The first-order chi connectivity index (χ1) is 12.9. The highest BCUT2D eigenvalue weighted by molar-refractivity contribution is 7.20. The summed E-state index contributed by atoms with van der Waals surface area (Å²) >= 11 is 1.24. The van der Waals surface area contributed by atoms with E-state index in [2.05, 4.69) is 20.4 Å². The average Bonchev–Trinajstić information content (AvgIpc) is 3.28. The first-order valence-corrected chi connectivity index (χ1v) is 9.55. The smallest absolute Gasteiger partial charge is 0.262 e. The largest absolute Gasteiger partial charge is 0.379 e. The highest BCUT2D eigenvalue weighted by Crippen LogP contribution is 2.28. The Kier molecular flexibility index (Phi) is 4.56. The van der Waals surface area contributed by atoms with Crippen LogP contribution in [-0.2, 0) is 11.2 Å². The number of hydrogen-bond donors (Lipinski definition) is 2. The Bertz CT molecular complexity index is 1070. The molecule has 1 amide bonds. The highest BCUT2D eigenvalue weighted by atomic mass is 32.1. The fraction of sp³-hybridized carbons (Fsp3) is 0.444. The van der Waals surface area contributed by atoms with E-state index in [4.69, 9.17) is 9.26 Å². The van der Waals surface area contributed by atoms with Crippen LogP contribution in [0.2, 0.25) is 0 Å². The Morgan fingerprint density at radius 3 is 2.93 bits per heavy atom. The van der Waals surface area contributed by atoms with Crippen molar-refractivity contribution in [3.8, 4) is 0 Å². The van der Waals surface area contributed by atoms with Crippen molar-refractivity contribution >= 4 is 27.5 Å². The number of rotatable bonds is 4. The molecule has 1 saturated heterocycles. The number of aromatic nitrogens is 3. The second kappa shape index (κ2) is 6.90. The molecular weight excluding hydrogens is 368 g/mol. The fourth-order valence-electron chi connectivity index (χ4n) is 3.43. The van der Waals surface area contributed by atoms with Gasteiger partial charge in [0.2, 0.25) is 0 Å². The van der Waals surface area contributed by atoms with Gasteiger partial charge in [-0.15, -0.1) is 11.3 Å². The molecule has 0 aliphatic carbocycles. The number of carbonyl (C=O) groups is 1. The molecule has 142 valence electrons. The fourth-order valence-corrected chi connectivity index (χ4v) is 4.56. The molecule has 3 aromatic rings. The molecule has 0 bridgehead atoms. The van der Waals surface area contributed by atoms with E-state index in [0.717, 1.165) is 11.5 Å². The zero-order valence-corrected chi connectivity index (χ0v) is 16.1. The van der Waals surface area contributed by atoms with Gasteiger partial charge in [0.15, 0.2) is 0 Å². The number of aryl methyl sites for hydroxylation is 3. The molecule has 27 heavy (non-hydrogen) atoms. The molecule has 0 spiro atoms. The van der Waals surface area contributed by atoms with Crippen LogP contribution in [0.4, 0.5) is 0 Å².